The summed E-state index contributed by atoms with van der Waals surface area (Å²) in [7, 11) is 7.15. The van der Waals surface area contributed by atoms with Crippen LogP contribution < -0.4 is 10.6 Å². The number of carbonyl (C=O) groups excluding carboxylic acids is 2. The molecule has 0 aromatic heterocycles. The number of rotatable bonds is 6. The lowest BCUT2D eigenvalue weighted by Gasteiger charge is -2.23. The quantitative estimate of drug-likeness (QED) is 0.804. The Balaban J connectivity index is 0. The van der Waals surface area contributed by atoms with Crippen LogP contribution in [0.4, 0.5) is 4.79 Å². The van der Waals surface area contributed by atoms with Crippen molar-refractivity contribution in [1.29, 1.82) is 0 Å². The molecule has 144 valence electrons. The number of hydrogen-bond acceptors (Lipinski definition) is 4. The van der Waals surface area contributed by atoms with Gasteiger partial charge in [-0.1, -0.05) is 44.2 Å². The maximum absolute atomic E-state index is 11.8. The first kappa shape index (κ1) is 25.5. The lowest BCUT2D eigenvalue weighted by atomic mass is 10.0. The highest BCUT2D eigenvalue weighted by atomic mass is 35.5. The highest BCUT2D eigenvalue weighted by Gasteiger charge is 2.21. The van der Waals surface area contributed by atoms with Gasteiger partial charge in [0.15, 0.2) is 0 Å². The van der Waals surface area contributed by atoms with Crippen molar-refractivity contribution in [2.45, 2.75) is 32.9 Å². The van der Waals surface area contributed by atoms with Gasteiger partial charge < -0.3 is 20.3 Å². The van der Waals surface area contributed by atoms with Gasteiger partial charge in [-0.25, -0.2) is 4.79 Å². The Hall–Kier alpha value is -1.79. The number of nitrogens with zero attached hydrogens (tertiary/aromatic N) is 1. The summed E-state index contributed by atoms with van der Waals surface area (Å²) >= 11 is 0. The highest BCUT2D eigenvalue weighted by Crippen LogP contribution is 2.08. The van der Waals surface area contributed by atoms with Gasteiger partial charge in [-0.2, -0.15) is 0 Å². The molecule has 0 aliphatic rings. The third-order valence-electron chi connectivity index (χ3n) is 3.21. The summed E-state index contributed by atoms with van der Waals surface area (Å²) in [4.78, 5) is 25.1. The van der Waals surface area contributed by atoms with Gasteiger partial charge in [0, 0.05) is 26.6 Å². The van der Waals surface area contributed by atoms with Crippen molar-refractivity contribution in [2.24, 2.45) is 5.92 Å². The van der Waals surface area contributed by atoms with Crippen LogP contribution in [0.25, 0.3) is 0 Å². The first-order valence-corrected chi connectivity index (χ1v) is 8.07. The van der Waals surface area contributed by atoms with Gasteiger partial charge in [-0.3, -0.25) is 4.79 Å². The molecule has 0 saturated carbocycles. The number of alkyl carbamates (subject to hydrolysis) is 1. The standard InChI is InChI=1S/C16H24N2O3.C2H7N.ClH/c1-12(2)14(10-15(19)18(3)4)17-16(20)21-11-13-8-6-5-7-9-13;1-3-2;/h5-9,12,14H,10-11H2,1-4H3,(H,17,20);3H,1-2H3;1H/t14-;;/m1../s1. The van der Waals surface area contributed by atoms with Gasteiger partial charge >= 0.3 is 6.09 Å². The molecule has 0 fully saturated rings. The molecule has 1 atom stereocenters. The minimum Gasteiger partial charge on any atom is -0.445 e. The van der Waals surface area contributed by atoms with E-state index in [9.17, 15) is 9.59 Å². The SMILES string of the molecule is CC(C)[C@@H](CC(=O)N(C)C)NC(=O)OCc1ccccc1.CNC.Cl. The molecule has 0 unspecified atom stereocenters. The van der Waals surface area contributed by atoms with E-state index < -0.39 is 6.09 Å². The first-order valence-electron chi connectivity index (χ1n) is 8.07. The maximum Gasteiger partial charge on any atom is 0.407 e. The van der Waals surface area contributed by atoms with E-state index in [2.05, 4.69) is 10.6 Å². The van der Waals surface area contributed by atoms with Crippen molar-refractivity contribution in [2.75, 3.05) is 28.2 Å². The van der Waals surface area contributed by atoms with Crippen molar-refractivity contribution >= 4 is 24.4 Å². The summed E-state index contributed by atoms with van der Waals surface area (Å²) < 4.78 is 5.18. The second kappa shape index (κ2) is 14.5. The molecule has 0 aliphatic carbocycles. The molecule has 2 amide bonds. The molecule has 0 saturated heterocycles. The second-order valence-electron chi connectivity index (χ2n) is 6.05. The monoisotopic (exact) mass is 373 g/mol. The normalized spacial score (nSPS) is 10.7. The van der Waals surface area contributed by atoms with Crippen LogP contribution in [0.1, 0.15) is 25.8 Å². The predicted octanol–water partition coefficient (Wildman–Crippen LogP) is 2.67. The Morgan fingerprint density at radius 1 is 1.12 bits per heavy atom. The van der Waals surface area contributed by atoms with Crippen molar-refractivity contribution < 1.29 is 14.3 Å². The minimum absolute atomic E-state index is 0. The summed E-state index contributed by atoms with van der Waals surface area (Å²) in [5.41, 5.74) is 0.929. The first-order chi connectivity index (χ1) is 11.3. The molecule has 0 aliphatic heterocycles. The Morgan fingerprint density at radius 2 is 1.64 bits per heavy atom. The van der Waals surface area contributed by atoms with Gasteiger partial charge in [0.25, 0.3) is 0 Å². The molecule has 1 aromatic carbocycles. The summed E-state index contributed by atoms with van der Waals surface area (Å²) in [5, 5.41) is 5.51. The van der Waals surface area contributed by atoms with E-state index in [0.717, 1.165) is 5.56 Å². The summed E-state index contributed by atoms with van der Waals surface area (Å²) in [6, 6.07) is 9.24. The smallest absolute Gasteiger partial charge is 0.407 e. The fourth-order valence-electron chi connectivity index (χ4n) is 1.74. The highest BCUT2D eigenvalue weighted by molar-refractivity contribution is 5.85. The lowest BCUT2D eigenvalue weighted by molar-refractivity contribution is -0.129. The number of ether oxygens (including phenoxy) is 1. The number of halogens is 1. The fraction of sp³-hybridized carbons (Fsp3) is 0.556. The van der Waals surface area contributed by atoms with Crippen LogP contribution in [0.3, 0.4) is 0 Å². The number of hydrogen-bond donors (Lipinski definition) is 2. The van der Waals surface area contributed by atoms with Crippen LogP contribution in [0.15, 0.2) is 30.3 Å². The van der Waals surface area contributed by atoms with E-state index in [1.165, 1.54) is 4.90 Å². The van der Waals surface area contributed by atoms with Crippen molar-refractivity contribution in [3.8, 4) is 0 Å². The van der Waals surface area contributed by atoms with Crippen LogP contribution in [0, 0.1) is 5.92 Å². The zero-order chi connectivity index (χ0) is 18.5. The fourth-order valence-corrected chi connectivity index (χ4v) is 1.74. The van der Waals surface area contributed by atoms with E-state index in [-0.39, 0.29) is 43.3 Å². The van der Waals surface area contributed by atoms with E-state index in [1.807, 2.05) is 58.3 Å². The van der Waals surface area contributed by atoms with Gasteiger partial charge in [0.05, 0.1) is 0 Å². The minimum atomic E-state index is -0.496. The molecule has 25 heavy (non-hydrogen) atoms. The van der Waals surface area contributed by atoms with Gasteiger partial charge in [0.2, 0.25) is 5.91 Å². The lowest BCUT2D eigenvalue weighted by Crippen LogP contribution is -2.42. The van der Waals surface area contributed by atoms with Gasteiger partial charge in [0.1, 0.15) is 6.61 Å². The molecule has 0 heterocycles. The van der Waals surface area contributed by atoms with Crippen LogP contribution >= 0.6 is 12.4 Å². The van der Waals surface area contributed by atoms with Crippen LogP contribution in [0.5, 0.6) is 0 Å². The number of amides is 2. The molecule has 7 heteroatoms. The van der Waals surface area contributed by atoms with Crippen LogP contribution in [-0.4, -0.2) is 51.1 Å². The Kier molecular flexibility index (Phi) is 14.8. The number of nitrogens with one attached hydrogen (secondary N) is 2. The topological polar surface area (TPSA) is 70.7 Å². The van der Waals surface area contributed by atoms with Crippen LogP contribution in [-0.2, 0) is 16.1 Å². The average molecular weight is 374 g/mol. The maximum atomic E-state index is 11.8. The van der Waals surface area contributed by atoms with Crippen molar-refractivity contribution in [1.82, 2.24) is 15.5 Å². The molecular weight excluding hydrogens is 342 g/mol. The summed E-state index contributed by atoms with van der Waals surface area (Å²) in [6.45, 7) is 4.15. The van der Waals surface area contributed by atoms with E-state index >= 15 is 0 Å². The Morgan fingerprint density at radius 3 is 2.08 bits per heavy atom. The second-order valence-corrected chi connectivity index (χ2v) is 6.05. The van der Waals surface area contributed by atoms with Crippen LogP contribution in [0.2, 0.25) is 0 Å². The van der Waals surface area contributed by atoms with Gasteiger partial charge in [-0.05, 0) is 25.6 Å². The van der Waals surface area contributed by atoms with Crippen molar-refractivity contribution in [3.05, 3.63) is 35.9 Å². The third-order valence-corrected chi connectivity index (χ3v) is 3.21. The molecule has 0 radical (unpaired) electrons. The van der Waals surface area contributed by atoms with E-state index in [0.29, 0.717) is 0 Å². The number of carbonyl (C=O) groups is 2. The molecule has 0 spiro atoms. The third kappa shape index (κ3) is 12.3. The predicted molar refractivity (Wildman–Crippen MR) is 104 cm³/mol. The largest absolute Gasteiger partial charge is 0.445 e. The van der Waals surface area contributed by atoms with E-state index in [4.69, 9.17) is 4.74 Å². The summed E-state index contributed by atoms with van der Waals surface area (Å²) in [6.07, 6.45) is -0.227. The van der Waals surface area contributed by atoms with Gasteiger partial charge in [-0.15, -0.1) is 12.4 Å². The zero-order valence-electron chi connectivity index (χ0n) is 16.0. The Bertz CT molecular complexity index is 482. The molecule has 2 N–H and O–H groups in total. The molecule has 0 bridgehead atoms. The molecule has 6 nitrogen and oxygen atoms in total. The number of benzene rings is 1. The Labute approximate surface area is 157 Å². The van der Waals surface area contributed by atoms with E-state index in [1.54, 1.807) is 14.1 Å². The molecule has 1 aromatic rings. The van der Waals surface area contributed by atoms with Crippen molar-refractivity contribution in [3.63, 3.8) is 0 Å². The average Bonchev–Trinajstić information content (AvgIpc) is 2.53. The summed E-state index contributed by atoms with van der Waals surface area (Å²) in [5.74, 6) is 0.134. The molecular formula is C18H32ClN3O3. The molecule has 1 rings (SSSR count). The zero-order valence-corrected chi connectivity index (χ0v) is 16.9.